The number of ketones is 1. The van der Waals surface area contributed by atoms with Gasteiger partial charge in [0.15, 0.2) is 10.9 Å². The lowest BCUT2D eigenvalue weighted by Crippen LogP contribution is -2.08. The van der Waals surface area contributed by atoms with Crippen LogP contribution in [0.4, 0.5) is 24.0 Å². The molecule has 0 bridgehead atoms. The number of aromatic nitrogens is 1. The van der Waals surface area contributed by atoms with E-state index in [9.17, 15) is 18.0 Å². The number of carbonyl (C=O) groups is 1. The van der Waals surface area contributed by atoms with Gasteiger partial charge >= 0.3 is 6.18 Å². The van der Waals surface area contributed by atoms with Crippen LogP contribution in [0.2, 0.25) is 0 Å². The van der Waals surface area contributed by atoms with Crippen LogP contribution in [0.5, 0.6) is 0 Å². The maximum absolute atomic E-state index is 12.9. The summed E-state index contributed by atoms with van der Waals surface area (Å²) in [4.78, 5) is 15.8. The van der Waals surface area contributed by atoms with E-state index in [4.69, 9.17) is 0 Å². The van der Waals surface area contributed by atoms with Gasteiger partial charge in [0.2, 0.25) is 0 Å². The molecule has 1 aromatic heterocycles. The molecule has 0 saturated carbocycles. The van der Waals surface area contributed by atoms with Gasteiger partial charge in [-0.05, 0) is 19.1 Å². The lowest BCUT2D eigenvalue weighted by Gasteiger charge is -2.12. The second kappa shape index (κ2) is 5.24. The molecule has 0 atom stereocenters. The molecule has 0 aliphatic heterocycles. The second-order valence-corrected chi connectivity index (χ2v) is 5.16. The highest BCUT2D eigenvalue weighted by Gasteiger charge is 2.33. The summed E-state index contributed by atoms with van der Waals surface area (Å²) >= 11 is 1.04. The number of halogens is 3. The third-order valence-electron chi connectivity index (χ3n) is 2.59. The number of alkyl halides is 3. The Balaban J connectivity index is 2.36. The number of rotatable bonds is 3. The van der Waals surface area contributed by atoms with Crippen LogP contribution >= 0.6 is 11.3 Å². The zero-order chi connectivity index (χ0) is 14.9. The Labute approximate surface area is 117 Å². The van der Waals surface area contributed by atoms with E-state index in [1.807, 2.05) is 0 Å². The molecule has 7 heteroatoms. The molecule has 0 radical (unpaired) electrons. The molecule has 0 spiro atoms. The third kappa shape index (κ3) is 2.98. The molecule has 1 aromatic carbocycles. The van der Waals surface area contributed by atoms with Gasteiger partial charge < -0.3 is 5.32 Å². The Hall–Kier alpha value is -1.89. The number of nitrogens with one attached hydrogen (secondary N) is 1. The van der Waals surface area contributed by atoms with E-state index < -0.39 is 11.7 Å². The zero-order valence-electron chi connectivity index (χ0n) is 10.7. The van der Waals surface area contributed by atoms with E-state index >= 15 is 0 Å². The van der Waals surface area contributed by atoms with Crippen molar-refractivity contribution < 1.29 is 18.0 Å². The molecule has 0 unspecified atom stereocenters. The number of hydrogen-bond donors (Lipinski definition) is 1. The van der Waals surface area contributed by atoms with Crippen molar-refractivity contribution in [2.45, 2.75) is 20.0 Å². The minimum Gasteiger partial charge on any atom is -0.331 e. The Morgan fingerprint density at radius 3 is 2.50 bits per heavy atom. The maximum Gasteiger partial charge on any atom is 0.418 e. The fourth-order valence-electron chi connectivity index (χ4n) is 1.73. The lowest BCUT2D eigenvalue weighted by atomic mass is 10.2. The topological polar surface area (TPSA) is 42.0 Å². The van der Waals surface area contributed by atoms with Crippen LogP contribution in [-0.2, 0) is 6.18 Å². The summed E-state index contributed by atoms with van der Waals surface area (Å²) in [6.45, 7) is 3.04. The first-order valence-corrected chi connectivity index (χ1v) is 6.52. The normalized spacial score (nSPS) is 11.4. The molecule has 0 amide bonds. The first kappa shape index (κ1) is 14.5. The van der Waals surface area contributed by atoms with Crippen LogP contribution in [0.1, 0.15) is 27.9 Å². The first-order valence-electron chi connectivity index (χ1n) is 5.70. The Kier molecular flexibility index (Phi) is 3.80. The summed E-state index contributed by atoms with van der Waals surface area (Å²) in [5.74, 6) is -0.155. The van der Waals surface area contributed by atoms with E-state index in [-0.39, 0.29) is 16.6 Å². The van der Waals surface area contributed by atoms with E-state index in [0.717, 1.165) is 17.4 Å². The molecule has 20 heavy (non-hydrogen) atoms. The number of carbonyl (C=O) groups excluding carboxylic acids is 1. The molecule has 1 N–H and O–H groups in total. The van der Waals surface area contributed by atoms with Crippen molar-refractivity contribution in [3.05, 3.63) is 40.4 Å². The number of aryl methyl sites for hydroxylation is 1. The molecule has 2 rings (SSSR count). The van der Waals surface area contributed by atoms with Crippen LogP contribution in [0, 0.1) is 6.92 Å². The summed E-state index contributed by atoms with van der Waals surface area (Å²) in [6, 6.07) is 5.15. The van der Waals surface area contributed by atoms with Crippen molar-refractivity contribution in [1.82, 2.24) is 4.98 Å². The largest absolute Gasteiger partial charge is 0.418 e. The SMILES string of the molecule is CC(=O)c1sc(Nc2ccccc2C(F)(F)F)nc1C. The number of benzene rings is 1. The van der Waals surface area contributed by atoms with E-state index in [2.05, 4.69) is 10.3 Å². The molecule has 0 aliphatic rings. The predicted octanol–water partition coefficient (Wildman–Crippen LogP) is 4.42. The second-order valence-electron chi connectivity index (χ2n) is 4.16. The van der Waals surface area contributed by atoms with Crippen LogP contribution in [0.15, 0.2) is 24.3 Å². The summed E-state index contributed by atoms with van der Waals surface area (Å²) in [6.07, 6.45) is -4.45. The van der Waals surface area contributed by atoms with Crippen molar-refractivity contribution >= 4 is 27.9 Å². The van der Waals surface area contributed by atoms with Crippen LogP contribution in [-0.4, -0.2) is 10.8 Å². The van der Waals surface area contributed by atoms with Gasteiger partial charge in [0.05, 0.1) is 21.8 Å². The summed E-state index contributed by atoms with van der Waals surface area (Å²) in [5, 5.41) is 2.90. The van der Waals surface area contributed by atoms with Gasteiger partial charge in [0, 0.05) is 6.92 Å². The Morgan fingerprint density at radius 1 is 1.30 bits per heavy atom. The fourth-order valence-corrected chi connectivity index (χ4v) is 2.61. The quantitative estimate of drug-likeness (QED) is 0.853. The molecule has 106 valence electrons. The molecule has 2 aromatic rings. The Morgan fingerprint density at radius 2 is 1.95 bits per heavy atom. The van der Waals surface area contributed by atoms with Crippen molar-refractivity contribution in [3.8, 4) is 0 Å². The molecule has 3 nitrogen and oxygen atoms in total. The number of hydrogen-bond acceptors (Lipinski definition) is 4. The standard InChI is InChI=1S/C13H11F3N2OS/c1-7-11(8(2)19)20-12(17-7)18-10-6-4-3-5-9(10)13(14,15)16/h3-6H,1-2H3,(H,17,18). The molecule has 0 saturated heterocycles. The number of anilines is 2. The van der Waals surface area contributed by atoms with Gasteiger partial charge in [-0.25, -0.2) is 4.98 Å². The zero-order valence-corrected chi connectivity index (χ0v) is 11.5. The van der Waals surface area contributed by atoms with Crippen LogP contribution in [0.3, 0.4) is 0 Å². The molecular weight excluding hydrogens is 289 g/mol. The van der Waals surface area contributed by atoms with Gasteiger partial charge in [-0.2, -0.15) is 13.2 Å². The minimum absolute atomic E-state index is 0.0798. The van der Waals surface area contributed by atoms with E-state index in [1.165, 1.54) is 25.1 Å². The number of nitrogens with zero attached hydrogens (tertiary/aromatic N) is 1. The monoisotopic (exact) mass is 300 g/mol. The molecule has 0 aliphatic carbocycles. The number of thiazole rings is 1. The average molecular weight is 300 g/mol. The highest BCUT2D eigenvalue weighted by Crippen LogP contribution is 2.36. The van der Waals surface area contributed by atoms with Gasteiger partial charge in [-0.15, -0.1) is 0 Å². The first-order chi connectivity index (χ1) is 9.29. The molecule has 1 heterocycles. The van der Waals surface area contributed by atoms with E-state index in [1.54, 1.807) is 6.92 Å². The van der Waals surface area contributed by atoms with Gasteiger partial charge in [0.1, 0.15) is 0 Å². The highest BCUT2D eigenvalue weighted by atomic mass is 32.1. The van der Waals surface area contributed by atoms with Crippen molar-refractivity contribution in [2.75, 3.05) is 5.32 Å². The highest BCUT2D eigenvalue weighted by molar-refractivity contribution is 7.17. The minimum atomic E-state index is -4.45. The summed E-state index contributed by atoms with van der Waals surface area (Å²) in [7, 11) is 0. The van der Waals surface area contributed by atoms with Crippen LogP contribution < -0.4 is 5.32 Å². The third-order valence-corrected chi connectivity index (χ3v) is 3.76. The van der Waals surface area contributed by atoms with Crippen molar-refractivity contribution in [2.24, 2.45) is 0 Å². The Bertz CT molecular complexity index is 649. The maximum atomic E-state index is 12.9. The molecule has 0 fully saturated rings. The number of para-hydroxylation sites is 1. The predicted molar refractivity (Wildman–Crippen MR) is 71.6 cm³/mol. The smallest absolute Gasteiger partial charge is 0.331 e. The fraction of sp³-hybridized carbons (Fsp3) is 0.231. The van der Waals surface area contributed by atoms with Gasteiger partial charge in [-0.3, -0.25) is 4.79 Å². The summed E-state index contributed by atoms with van der Waals surface area (Å²) < 4.78 is 38.6. The van der Waals surface area contributed by atoms with Crippen molar-refractivity contribution in [1.29, 1.82) is 0 Å². The van der Waals surface area contributed by atoms with Gasteiger partial charge in [-0.1, -0.05) is 23.5 Å². The summed E-state index contributed by atoms with van der Waals surface area (Å²) in [5.41, 5.74) is -0.337. The lowest BCUT2D eigenvalue weighted by molar-refractivity contribution is -0.136. The van der Waals surface area contributed by atoms with E-state index in [0.29, 0.717) is 10.6 Å². The van der Waals surface area contributed by atoms with Crippen LogP contribution in [0.25, 0.3) is 0 Å². The van der Waals surface area contributed by atoms with Gasteiger partial charge in [0.25, 0.3) is 0 Å². The van der Waals surface area contributed by atoms with Crippen molar-refractivity contribution in [3.63, 3.8) is 0 Å². The molecular formula is C13H11F3N2OS. The average Bonchev–Trinajstić information content (AvgIpc) is 2.69. The number of Topliss-reactive ketones (excluding diaryl/α,β-unsaturated/α-hetero) is 1.